The van der Waals surface area contributed by atoms with E-state index in [0.717, 1.165) is 36.3 Å². The highest BCUT2D eigenvalue weighted by Crippen LogP contribution is 2.28. The standard InChI is InChI=1S/C13H23BrN4O2/c1-16(2)4-5-18-12(10(14)8-15-18)13(19)11-9-17(3)6-7-20-11/h8,11,13,19H,4-7,9H2,1-3H3. The highest BCUT2D eigenvalue weighted by atomic mass is 79.9. The third-order valence-electron chi connectivity index (χ3n) is 3.52. The molecule has 2 atom stereocenters. The third kappa shape index (κ3) is 3.79. The molecule has 20 heavy (non-hydrogen) atoms. The maximum atomic E-state index is 10.6. The summed E-state index contributed by atoms with van der Waals surface area (Å²) >= 11 is 3.48. The smallest absolute Gasteiger partial charge is 0.124 e. The second kappa shape index (κ2) is 7.00. The molecule has 7 heteroatoms. The van der Waals surface area contributed by atoms with Crippen molar-refractivity contribution in [1.29, 1.82) is 0 Å². The van der Waals surface area contributed by atoms with Gasteiger partial charge in [0.25, 0.3) is 0 Å². The molecule has 1 aromatic rings. The van der Waals surface area contributed by atoms with Crippen molar-refractivity contribution >= 4 is 15.9 Å². The Hall–Kier alpha value is -0.470. The molecule has 114 valence electrons. The first kappa shape index (κ1) is 15.9. The molecule has 2 rings (SSSR count). The van der Waals surface area contributed by atoms with Crippen LogP contribution in [-0.4, -0.2) is 78.2 Å². The van der Waals surface area contributed by atoms with Gasteiger partial charge >= 0.3 is 0 Å². The Labute approximate surface area is 128 Å². The average Bonchev–Trinajstić information content (AvgIpc) is 2.76. The van der Waals surface area contributed by atoms with Crippen LogP contribution in [-0.2, 0) is 11.3 Å². The van der Waals surface area contributed by atoms with E-state index >= 15 is 0 Å². The van der Waals surface area contributed by atoms with E-state index in [-0.39, 0.29) is 6.10 Å². The fourth-order valence-electron chi connectivity index (χ4n) is 2.32. The largest absolute Gasteiger partial charge is 0.384 e. The molecule has 1 aromatic heterocycles. The number of likely N-dealkylation sites (N-methyl/N-ethyl adjacent to an activating group) is 2. The lowest BCUT2D eigenvalue weighted by Gasteiger charge is -2.33. The van der Waals surface area contributed by atoms with Gasteiger partial charge in [-0.2, -0.15) is 5.10 Å². The Bertz CT molecular complexity index is 438. The fourth-order valence-corrected chi connectivity index (χ4v) is 2.85. The minimum atomic E-state index is -0.670. The average molecular weight is 347 g/mol. The number of hydrogen-bond donors (Lipinski definition) is 1. The van der Waals surface area contributed by atoms with Crippen molar-refractivity contribution in [2.75, 3.05) is 47.4 Å². The number of morpholine rings is 1. The topological polar surface area (TPSA) is 53.8 Å². The number of aliphatic hydroxyl groups excluding tert-OH is 1. The van der Waals surface area contributed by atoms with Gasteiger partial charge in [-0.25, -0.2) is 0 Å². The summed E-state index contributed by atoms with van der Waals surface area (Å²) in [7, 11) is 6.09. The number of ether oxygens (including phenoxy) is 1. The molecule has 0 spiro atoms. The van der Waals surface area contributed by atoms with Gasteiger partial charge in [-0.3, -0.25) is 4.68 Å². The van der Waals surface area contributed by atoms with Crippen LogP contribution >= 0.6 is 15.9 Å². The van der Waals surface area contributed by atoms with Crippen molar-refractivity contribution in [2.45, 2.75) is 18.8 Å². The molecule has 0 aliphatic carbocycles. The predicted octanol–water partition coefficient (Wildman–Crippen LogP) is 0.571. The van der Waals surface area contributed by atoms with Crippen LogP contribution in [0.25, 0.3) is 0 Å². The van der Waals surface area contributed by atoms with Crippen LogP contribution in [0.2, 0.25) is 0 Å². The lowest BCUT2D eigenvalue weighted by Crippen LogP contribution is -2.43. The second-order valence-electron chi connectivity index (χ2n) is 5.52. The van der Waals surface area contributed by atoms with E-state index in [1.807, 2.05) is 25.8 Å². The highest BCUT2D eigenvalue weighted by molar-refractivity contribution is 9.10. The molecule has 0 aromatic carbocycles. The molecule has 2 unspecified atom stereocenters. The zero-order valence-electron chi connectivity index (χ0n) is 12.3. The molecule has 1 fully saturated rings. The number of aliphatic hydroxyl groups is 1. The minimum Gasteiger partial charge on any atom is -0.384 e. The van der Waals surface area contributed by atoms with Crippen LogP contribution in [0.1, 0.15) is 11.8 Å². The Morgan fingerprint density at radius 1 is 1.60 bits per heavy atom. The Kier molecular flexibility index (Phi) is 5.57. The lowest BCUT2D eigenvalue weighted by atomic mass is 10.1. The van der Waals surface area contributed by atoms with Crippen LogP contribution in [0.5, 0.6) is 0 Å². The van der Waals surface area contributed by atoms with Gasteiger partial charge in [0, 0.05) is 19.6 Å². The molecular weight excluding hydrogens is 324 g/mol. The first-order valence-corrected chi connectivity index (χ1v) is 7.62. The second-order valence-corrected chi connectivity index (χ2v) is 6.37. The quantitative estimate of drug-likeness (QED) is 0.844. The van der Waals surface area contributed by atoms with Crippen LogP contribution in [0.4, 0.5) is 0 Å². The minimum absolute atomic E-state index is 0.208. The normalized spacial score (nSPS) is 22.4. The molecule has 1 saturated heterocycles. The number of halogens is 1. The molecule has 0 radical (unpaired) electrons. The summed E-state index contributed by atoms with van der Waals surface area (Å²) in [6, 6.07) is 0. The first-order chi connectivity index (χ1) is 9.49. The maximum Gasteiger partial charge on any atom is 0.124 e. The third-order valence-corrected chi connectivity index (χ3v) is 4.13. The summed E-state index contributed by atoms with van der Waals surface area (Å²) in [5.41, 5.74) is 0.798. The van der Waals surface area contributed by atoms with E-state index in [9.17, 15) is 5.11 Å². The Morgan fingerprint density at radius 2 is 2.35 bits per heavy atom. The highest BCUT2D eigenvalue weighted by Gasteiger charge is 2.30. The van der Waals surface area contributed by atoms with E-state index in [4.69, 9.17) is 4.74 Å². The molecule has 0 bridgehead atoms. The van der Waals surface area contributed by atoms with Gasteiger partial charge in [0.05, 0.1) is 29.5 Å². The van der Waals surface area contributed by atoms with E-state index in [1.54, 1.807) is 6.20 Å². The molecule has 2 heterocycles. The van der Waals surface area contributed by atoms with Crippen LogP contribution in [0, 0.1) is 0 Å². The number of rotatable bonds is 5. The predicted molar refractivity (Wildman–Crippen MR) is 80.7 cm³/mol. The molecule has 6 nitrogen and oxygen atoms in total. The molecule has 0 amide bonds. The van der Waals surface area contributed by atoms with Crippen molar-refractivity contribution in [3.05, 3.63) is 16.4 Å². The SMILES string of the molecule is CN(C)CCn1ncc(Br)c1C(O)C1CN(C)CCO1. The summed E-state index contributed by atoms with van der Waals surface area (Å²) in [6.45, 7) is 3.91. The molecule has 1 aliphatic heterocycles. The van der Waals surface area contributed by atoms with Crippen molar-refractivity contribution in [2.24, 2.45) is 0 Å². The van der Waals surface area contributed by atoms with Gasteiger partial charge in [-0.15, -0.1) is 0 Å². The van der Waals surface area contributed by atoms with Gasteiger partial charge in [0.2, 0.25) is 0 Å². The molecular formula is C13H23BrN4O2. The Morgan fingerprint density at radius 3 is 3.00 bits per heavy atom. The van der Waals surface area contributed by atoms with Gasteiger partial charge in [0.1, 0.15) is 12.2 Å². The summed E-state index contributed by atoms with van der Waals surface area (Å²) in [5, 5.41) is 15.0. The van der Waals surface area contributed by atoms with Crippen molar-refractivity contribution in [1.82, 2.24) is 19.6 Å². The zero-order chi connectivity index (χ0) is 14.7. The fraction of sp³-hybridized carbons (Fsp3) is 0.769. The summed E-state index contributed by atoms with van der Waals surface area (Å²) in [5.74, 6) is 0. The van der Waals surface area contributed by atoms with Crippen molar-refractivity contribution in [3.63, 3.8) is 0 Å². The van der Waals surface area contributed by atoms with Gasteiger partial charge in [0.15, 0.2) is 0 Å². The summed E-state index contributed by atoms with van der Waals surface area (Å²) < 4.78 is 8.39. The maximum absolute atomic E-state index is 10.6. The van der Waals surface area contributed by atoms with Crippen LogP contribution in [0.15, 0.2) is 10.7 Å². The number of aromatic nitrogens is 2. The Balaban J connectivity index is 2.11. The van der Waals surface area contributed by atoms with Crippen LogP contribution in [0.3, 0.4) is 0 Å². The van der Waals surface area contributed by atoms with E-state index in [0.29, 0.717) is 6.61 Å². The van der Waals surface area contributed by atoms with Crippen molar-refractivity contribution in [3.8, 4) is 0 Å². The molecule has 0 saturated carbocycles. The molecule has 1 aliphatic rings. The van der Waals surface area contributed by atoms with Gasteiger partial charge < -0.3 is 19.6 Å². The van der Waals surface area contributed by atoms with Gasteiger partial charge in [-0.1, -0.05) is 0 Å². The summed E-state index contributed by atoms with van der Waals surface area (Å²) in [6.07, 6.45) is 0.859. The molecule has 1 N–H and O–H groups in total. The number of hydrogen-bond acceptors (Lipinski definition) is 5. The zero-order valence-corrected chi connectivity index (χ0v) is 13.9. The summed E-state index contributed by atoms with van der Waals surface area (Å²) in [4.78, 5) is 4.27. The van der Waals surface area contributed by atoms with E-state index in [2.05, 4.69) is 30.8 Å². The first-order valence-electron chi connectivity index (χ1n) is 6.83. The lowest BCUT2D eigenvalue weighted by molar-refractivity contribution is -0.0871. The van der Waals surface area contributed by atoms with E-state index < -0.39 is 6.10 Å². The van der Waals surface area contributed by atoms with E-state index in [1.165, 1.54) is 0 Å². The van der Waals surface area contributed by atoms with Gasteiger partial charge in [-0.05, 0) is 37.1 Å². The monoisotopic (exact) mass is 346 g/mol. The van der Waals surface area contributed by atoms with Crippen LogP contribution < -0.4 is 0 Å². The number of nitrogens with zero attached hydrogens (tertiary/aromatic N) is 4. The van der Waals surface area contributed by atoms with Crippen molar-refractivity contribution < 1.29 is 9.84 Å².